The summed E-state index contributed by atoms with van der Waals surface area (Å²) in [4.78, 5) is 25.5. The van der Waals surface area contributed by atoms with Crippen molar-refractivity contribution in [2.75, 3.05) is 14.2 Å². The van der Waals surface area contributed by atoms with Gasteiger partial charge in [0.05, 0.1) is 24.9 Å². The summed E-state index contributed by atoms with van der Waals surface area (Å²) in [6.45, 7) is 4.05. The van der Waals surface area contributed by atoms with Gasteiger partial charge >= 0.3 is 0 Å². The van der Waals surface area contributed by atoms with Gasteiger partial charge in [-0.2, -0.15) is 5.10 Å². The maximum absolute atomic E-state index is 12.8. The summed E-state index contributed by atoms with van der Waals surface area (Å²) in [5.41, 5.74) is 4.62. The van der Waals surface area contributed by atoms with Gasteiger partial charge in [0, 0.05) is 10.0 Å². The quantitative estimate of drug-likeness (QED) is 0.205. The van der Waals surface area contributed by atoms with E-state index in [9.17, 15) is 9.59 Å². The summed E-state index contributed by atoms with van der Waals surface area (Å²) < 4.78 is 18.3. The van der Waals surface area contributed by atoms with E-state index in [0.717, 1.165) is 10.0 Å². The third kappa shape index (κ3) is 8.06. The van der Waals surface area contributed by atoms with Crippen molar-refractivity contribution in [1.29, 1.82) is 0 Å². The molecule has 0 spiro atoms. The highest BCUT2D eigenvalue weighted by Gasteiger charge is 2.24. The molecule has 1 unspecified atom stereocenters. The van der Waals surface area contributed by atoms with Crippen molar-refractivity contribution in [3.05, 3.63) is 86.3 Å². The maximum Gasteiger partial charge on any atom is 0.262 e. The monoisotopic (exact) mass is 645 g/mol. The van der Waals surface area contributed by atoms with Gasteiger partial charge < -0.3 is 19.5 Å². The number of carbonyl (C=O) groups excluding carboxylic acids is 2. The van der Waals surface area contributed by atoms with Crippen molar-refractivity contribution in [3.63, 3.8) is 0 Å². The first-order valence-electron chi connectivity index (χ1n) is 11.7. The van der Waals surface area contributed by atoms with E-state index >= 15 is 0 Å². The van der Waals surface area contributed by atoms with E-state index in [1.54, 1.807) is 50.6 Å². The molecule has 2 amide bonds. The Hall–Kier alpha value is -3.37. The molecule has 0 fully saturated rings. The minimum Gasteiger partial charge on any atom is -0.497 e. The van der Waals surface area contributed by atoms with E-state index in [4.69, 9.17) is 14.2 Å². The number of amides is 2. The predicted octanol–water partition coefficient (Wildman–Crippen LogP) is 5.71. The zero-order valence-corrected chi connectivity index (χ0v) is 24.6. The number of methoxy groups -OCH3 is 2. The van der Waals surface area contributed by atoms with Gasteiger partial charge in [0.15, 0.2) is 11.5 Å². The van der Waals surface area contributed by atoms with Gasteiger partial charge in [-0.1, -0.05) is 41.9 Å². The van der Waals surface area contributed by atoms with E-state index in [0.29, 0.717) is 39.5 Å². The first-order chi connectivity index (χ1) is 18.2. The SMILES string of the molecule is COc1ccc(C(=O)NC(C(=O)NN=Cc2cc(Br)c(OCc3ccc(Br)cc3)c(OC)c2)C(C)C)cc1. The molecule has 0 radical (unpaired) electrons. The Bertz CT molecular complexity index is 1280. The second-order valence-electron chi connectivity index (χ2n) is 8.61. The summed E-state index contributed by atoms with van der Waals surface area (Å²) in [6, 6.07) is 17.3. The Morgan fingerprint density at radius 3 is 2.26 bits per heavy atom. The molecule has 0 aliphatic rings. The highest BCUT2D eigenvalue weighted by molar-refractivity contribution is 9.10. The van der Waals surface area contributed by atoms with Gasteiger partial charge in [-0.25, -0.2) is 5.43 Å². The number of hydrogen-bond donors (Lipinski definition) is 2. The maximum atomic E-state index is 12.8. The van der Waals surface area contributed by atoms with E-state index in [2.05, 4.69) is 47.7 Å². The van der Waals surface area contributed by atoms with E-state index < -0.39 is 11.9 Å². The van der Waals surface area contributed by atoms with Crippen LogP contribution in [0.15, 0.2) is 74.7 Å². The fourth-order valence-corrected chi connectivity index (χ4v) is 4.27. The van der Waals surface area contributed by atoms with Crippen LogP contribution in [-0.2, 0) is 11.4 Å². The van der Waals surface area contributed by atoms with Crippen molar-refractivity contribution in [2.45, 2.75) is 26.5 Å². The molecular formula is C28H29Br2N3O5. The Labute approximate surface area is 239 Å². The van der Waals surface area contributed by atoms with Crippen LogP contribution in [0.5, 0.6) is 17.2 Å². The molecule has 200 valence electrons. The summed E-state index contributed by atoms with van der Waals surface area (Å²) in [7, 11) is 3.10. The number of nitrogens with zero attached hydrogens (tertiary/aromatic N) is 1. The fraction of sp³-hybridized carbons (Fsp3) is 0.250. The van der Waals surface area contributed by atoms with Crippen LogP contribution in [0.3, 0.4) is 0 Å². The number of ether oxygens (including phenoxy) is 3. The van der Waals surface area contributed by atoms with Crippen LogP contribution in [-0.4, -0.2) is 38.3 Å². The molecule has 3 aromatic rings. The Morgan fingerprint density at radius 1 is 0.974 bits per heavy atom. The molecule has 0 aromatic heterocycles. The lowest BCUT2D eigenvalue weighted by molar-refractivity contribution is -0.123. The van der Waals surface area contributed by atoms with Gasteiger partial charge in [-0.15, -0.1) is 0 Å². The molecule has 8 nitrogen and oxygen atoms in total. The zero-order chi connectivity index (χ0) is 27.7. The van der Waals surface area contributed by atoms with E-state index in [1.807, 2.05) is 38.1 Å². The topological polar surface area (TPSA) is 98.2 Å². The smallest absolute Gasteiger partial charge is 0.262 e. The number of carbonyl (C=O) groups is 2. The first kappa shape index (κ1) is 29.2. The normalized spacial score (nSPS) is 11.8. The van der Waals surface area contributed by atoms with Gasteiger partial charge in [0.25, 0.3) is 11.8 Å². The standard InChI is InChI=1S/C28H29Br2N3O5/c1-17(2)25(32-27(34)20-7-11-22(36-3)12-8-20)28(35)33-31-15-19-13-23(30)26(24(14-19)37-4)38-16-18-5-9-21(29)10-6-18/h5-15,17,25H,16H2,1-4H3,(H,32,34)(H,33,35). The molecule has 0 aliphatic carbocycles. The Morgan fingerprint density at radius 2 is 1.66 bits per heavy atom. The van der Waals surface area contributed by atoms with Crippen LogP contribution in [0.4, 0.5) is 0 Å². The number of hydrazone groups is 1. The van der Waals surface area contributed by atoms with Crippen molar-refractivity contribution < 1.29 is 23.8 Å². The number of rotatable bonds is 11. The lowest BCUT2D eigenvalue weighted by atomic mass is 10.0. The minimum atomic E-state index is -0.780. The van der Waals surface area contributed by atoms with Crippen molar-refractivity contribution in [1.82, 2.24) is 10.7 Å². The molecule has 1 atom stereocenters. The summed E-state index contributed by atoms with van der Waals surface area (Å²) in [5.74, 6) is 0.746. The van der Waals surface area contributed by atoms with Crippen molar-refractivity contribution in [3.8, 4) is 17.2 Å². The Balaban J connectivity index is 1.64. The van der Waals surface area contributed by atoms with Crippen LogP contribution in [0, 0.1) is 5.92 Å². The highest BCUT2D eigenvalue weighted by Crippen LogP contribution is 2.37. The summed E-state index contributed by atoms with van der Waals surface area (Å²) in [6.07, 6.45) is 1.49. The molecule has 0 saturated carbocycles. The fourth-order valence-electron chi connectivity index (χ4n) is 3.43. The molecule has 3 rings (SSSR count). The molecule has 10 heteroatoms. The van der Waals surface area contributed by atoms with Crippen LogP contribution in [0.2, 0.25) is 0 Å². The van der Waals surface area contributed by atoms with Gasteiger partial charge in [0.1, 0.15) is 18.4 Å². The Kier molecular flexibility index (Phi) is 10.7. The first-order valence-corrected chi connectivity index (χ1v) is 13.3. The third-order valence-electron chi connectivity index (χ3n) is 5.52. The van der Waals surface area contributed by atoms with E-state index in [1.165, 1.54) is 6.21 Å². The lowest BCUT2D eigenvalue weighted by Gasteiger charge is -2.20. The number of halogens is 2. The zero-order valence-electron chi connectivity index (χ0n) is 21.5. The second-order valence-corrected chi connectivity index (χ2v) is 10.4. The molecule has 0 saturated heterocycles. The van der Waals surface area contributed by atoms with Crippen LogP contribution in [0.25, 0.3) is 0 Å². The van der Waals surface area contributed by atoms with Crippen LogP contribution in [0.1, 0.15) is 35.3 Å². The molecule has 3 aromatic carbocycles. The lowest BCUT2D eigenvalue weighted by Crippen LogP contribution is -2.48. The predicted molar refractivity (Wildman–Crippen MR) is 154 cm³/mol. The second kappa shape index (κ2) is 14.0. The van der Waals surface area contributed by atoms with Crippen LogP contribution < -0.4 is 25.0 Å². The number of benzene rings is 3. The number of nitrogens with one attached hydrogen (secondary N) is 2. The van der Waals surface area contributed by atoms with E-state index in [-0.39, 0.29) is 11.8 Å². The molecule has 0 bridgehead atoms. The molecular weight excluding hydrogens is 618 g/mol. The minimum absolute atomic E-state index is 0.163. The molecule has 38 heavy (non-hydrogen) atoms. The van der Waals surface area contributed by atoms with Crippen molar-refractivity contribution >= 4 is 49.9 Å². The average molecular weight is 647 g/mol. The molecule has 0 heterocycles. The van der Waals surface area contributed by atoms with Crippen molar-refractivity contribution in [2.24, 2.45) is 11.0 Å². The van der Waals surface area contributed by atoms with Gasteiger partial charge in [-0.3, -0.25) is 9.59 Å². The van der Waals surface area contributed by atoms with Gasteiger partial charge in [0.2, 0.25) is 0 Å². The van der Waals surface area contributed by atoms with Gasteiger partial charge in [-0.05, 0) is 81.5 Å². The summed E-state index contributed by atoms with van der Waals surface area (Å²) >= 11 is 6.95. The third-order valence-corrected chi connectivity index (χ3v) is 6.64. The number of hydrogen-bond acceptors (Lipinski definition) is 6. The molecule has 2 N–H and O–H groups in total. The average Bonchev–Trinajstić information content (AvgIpc) is 2.91. The highest BCUT2D eigenvalue weighted by atomic mass is 79.9. The summed E-state index contributed by atoms with van der Waals surface area (Å²) in [5, 5.41) is 6.85. The van der Waals surface area contributed by atoms with Crippen LogP contribution >= 0.6 is 31.9 Å². The largest absolute Gasteiger partial charge is 0.497 e. The molecule has 0 aliphatic heterocycles.